The first-order valence-corrected chi connectivity index (χ1v) is 7.48. The van der Waals surface area contributed by atoms with Crippen LogP contribution in [-0.4, -0.2) is 12.0 Å². The van der Waals surface area contributed by atoms with E-state index in [1.54, 1.807) is 12.1 Å². The molecule has 0 amide bonds. The van der Waals surface area contributed by atoms with Gasteiger partial charge in [-0.3, -0.25) is 11.3 Å². The molecular weight excluding hydrogens is 333 g/mol. The topological polar surface area (TPSA) is 38.0 Å². The van der Waals surface area contributed by atoms with Gasteiger partial charge in [-0.25, -0.2) is 13.2 Å². The molecule has 0 saturated heterocycles. The maximum Gasteiger partial charge on any atom is 0.248 e. The minimum Gasteiger partial charge on any atom is -0.271 e. The maximum atomic E-state index is 13.7. The molecule has 0 radical (unpaired) electrons. The van der Waals surface area contributed by atoms with E-state index in [0.29, 0.717) is 24.8 Å². The largest absolute Gasteiger partial charge is 0.271 e. The molecule has 3 N–H and O–H groups in total. The zero-order valence-corrected chi connectivity index (χ0v) is 12.6. The first-order valence-electron chi connectivity index (χ1n) is 6.69. The standard InChI is InChI=1S/C14H18BrF3N2/c15-11-1-2-12(16)10(7-11)8-13(20-19)9-3-5-14(17,18)6-4-9/h1-2,7,9,13,20H,3-6,8,19H2. The van der Waals surface area contributed by atoms with E-state index < -0.39 is 5.92 Å². The SMILES string of the molecule is NNC(Cc1cc(Br)ccc1F)C1CCC(F)(F)CC1. The lowest BCUT2D eigenvalue weighted by Gasteiger charge is -2.33. The summed E-state index contributed by atoms with van der Waals surface area (Å²) in [4.78, 5) is 0. The van der Waals surface area contributed by atoms with Crippen molar-refractivity contribution in [2.24, 2.45) is 11.8 Å². The lowest BCUT2D eigenvalue weighted by molar-refractivity contribution is -0.0495. The Kier molecular flexibility index (Phi) is 5.09. The van der Waals surface area contributed by atoms with E-state index in [4.69, 9.17) is 5.84 Å². The van der Waals surface area contributed by atoms with Crippen LogP contribution in [-0.2, 0) is 6.42 Å². The molecule has 1 aromatic rings. The van der Waals surface area contributed by atoms with Crippen LogP contribution in [0.2, 0.25) is 0 Å². The summed E-state index contributed by atoms with van der Waals surface area (Å²) in [5.74, 6) is 2.73. The van der Waals surface area contributed by atoms with Crippen molar-refractivity contribution in [2.75, 3.05) is 0 Å². The molecule has 1 atom stereocenters. The molecule has 0 aromatic heterocycles. The monoisotopic (exact) mass is 350 g/mol. The number of nitrogens with one attached hydrogen (secondary N) is 1. The Balaban J connectivity index is 2.04. The number of halogens is 4. The molecule has 20 heavy (non-hydrogen) atoms. The molecule has 112 valence electrons. The van der Waals surface area contributed by atoms with Crippen LogP contribution in [0.25, 0.3) is 0 Å². The number of rotatable bonds is 4. The number of nitrogens with two attached hydrogens (primary N) is 1. The predicted octanol–water partition coefficient (Wildman–Crippen LogP) is 3.79. The van der Waals surface area contributed by atoms with E-state index in [1.807, 2.05) is 0 Å². The van der Waals surface area contributed by atoms with E-state index in [1.165, 1.54) is 6.07 Å². The van der Waals surface area contributed by atoms with E-state index in [2.05, 4.69) is 21.4 Å². The lowest BCUT2D eigenvalue weighted by atomic mass is 9.80. The number of benzene rings is 1. The summed E-state index contributed by atoms with van der Waals surface area (Å²) in [5, 5.41) is 0. The molecule has 1 unspecified atom stereocenters. The van der Waals surface area contributed by atoms with Gasteiger partial charge in [0.25, 0.3) is 0 Å². The summed E-state index contributed by atoms with van der Waals surface area (Å²) >= 11 is 3.30. The van der Waals surface area contributed by atoms with Gasteiger partial charge in [-0.05, 0) is 48.9 Å². The van der Waals surface area contributed by atoms with Gasteiger partial charge >= 0.3 is 0 Å². The number of alkyl halides is 2. The van der Waals surface area contributed by atoms with Gasteiger partial charge < -0.3 is 0 Å². The van der Waals surface area contributed by atoms with Gasteiger partial charge in [-0.2, -0.15) is 0 Å². The Morgan fingerprint density at radius 1 is 1.35 bits per heavy atom. The zero-order chi connectivity index (χ0) is 14.8. The molecular formula is C14H18BrF3N2. The fourth-order valence-electron chi connectivity index (χ4n) is 2.76. The molecule has 1 aliphatic carbocycles. The van der Waals surface area contributed by atoms with Crippen molar-refractivity contribution >= 4 is 15.9 Å². The molecule has 0 heterocycles. The highest BCUT2D eigenvalue weighted by molar-refractivity contribution is 9.10. The third-order valence-electron chi connectivity index (χ3n) is 3.99. The van der Waals surface area contributed by atoms with Crippen LogP contribution in [0.4, 0.5) is 13.2 Å². The maximum absolute atomic E-state index is 13.7. The number of hydrazine groups is 1. The first kappa shape index (κ1) is 15.8. The zero-order valence-electron chi connectivity index (χ0n) is 11.0. The molecule has 1 saturated carbocycles. The van der Waals surface area contributed by atoms with Gasteiger partial charge in [0.2, 0.25) is 5.92 Å². The minimum absolute atomic E-state index is 0.0537. The highest BCUT2D eigenvalue weighted by atomic mass is 79.9. The van der Waals surface area contributed by atoms with E-state index >= 15 is 0 Å². The summed E-state index contributed by atoms with van der Waals surface area (Å²) in [6, 6.07) is 4.54. The highest BCUT2D eigenvalue weighted by Crippen LogP contribution is 2.38. The van der Waals surface area contributed by atoms with Crippen LogP contribution in [0.15, 0.2) is 22.7 Å². The fraction of sp³-hybridized carbons (Fsp3) is 0.571. The van der Waals surface area contributed by atoms with Crippen molar-refractivity contribution in [3.05, 3.63) is 34.1 Å². The van der Waals surface area contributed by atoms with Crippen LogP contribution in [0.1, 0.15) is 31.2 Å². The average Bonchev–Trinajstić information content (AvgIpc) is 2.40. The molecule has 1 fully saturated rings. The van der Waals surface area contributed by atoms with E-state index in [9.17, 15) is 13.2 Å². The molecule has 0 aliphatic heterocycles. The van der Waals surface area contributed by atoms with Crippen LogP contribution in [0.5, 0.6) is 0 Å². The molecule has 1 aromatic carbocycles. The van der Waals surface area contributed by atoms with Gasteiger partial charge in [-0.1, -0.05) is 15.9 Å². The minimum atomic E-state index is -2.56. The third-order valence-corrected chi connectivity index (χ3v) is 4.49. The number of hydrogen-bond acceptors (Lipinski definition) is 2. The molecule has 2 nitrogen and oxygen atoms in total. The average molecular weight is 351 g/mol. The molecule has 1 aliphatic rings. The van der Waals surface area contributed by atoms with Gasteiger partial charge in [0, 0.05) is 23.4 Å². The summed E-state index contributed by atoms with van der Waals surface area (Å²) in [5.41, 5.74) is 3.21. The van der Waals surface area contributed by atoms with E-state index in [0.717, 1.165) is 4.47 Å². The van der Waals surface area contributed by atoms with Crippen LogP contribution in [0.3, 0.4) is 0 Å². The van der Waals surface area contributed by atoms with Gasteiger partial charge in [0.05, 0.1) is 0 Å². The van der Waals surface area contributed by atoms with Gasteiger partial charge in [-0.15, -0.1) is 0 Å². The molecule has 6 heteroatoms. The van der Waals surface area contributed by atoms with Crippen molar-refractivity contribution in [3.8, 4) is 0 Å². The molecule has 2 rings (SSSR count). The Labute approximate surface area is 125 Å². The quantitative estimate of drug-likeness (QED) is 0.640. The van der Waals surface area contributed by atoms with Crippen LogP contribution < -0.4 is 11.3 Å². The Bertz CT molecular complexity index is 458. The van der Waals surface area contributed by atoms with Crippen molar-refractivity contribution < 1.29 is 13.2 Å². The van der Waals surface area contributed by atoms with Gasteiger partial charge in [0.1, 0.15) is 5.82 Å². The van der Waals surface area contributed by atoms with Gasteiger partial charge in [0.15, 0.2) is 0 Å². The first-order chi connectivity index (χ1) is 9.41. The van der Waals surface area contributed by atoms with E-state index in [-0.39, 0.29) is 30.6 Å². The highest BCUT2D eigenvalue weighted by Gasteiger charge is 2.37. The van der Waals surface area contributed by atoms with Crippen molar-refractivity contribution in [3.63, 3.8) is 0 Å². The molecule has 0 bridgehead atoms. The van der Waals surface area contributed by atoms with Crippen molar-refractivity contribution in [2.45, 2.75) is 44.1 Å². The van der Waals surface area contributed by atoms with Crippen LogP contribution in [0, 0.1) is 11.7 Å². The summed E-state index contributed by atoms with van der Waals surface area (Å²) < 4.78 is 40.9. The molecule has 0 spiro atoms. The Morgan fingerprint density at radius 3 is 2.60 bits per heavy atom. The summed E-state index contributed by atoms with van der Waals surface area (Å²) in [6.45, 7) is 0. The number of hydrogen-bond donors (Lipinski definition) is 2. The predicted molar refractivity (Wildman–Crippen MR) is 75.8 cm³/mol. The van der Waals surface area contributed by atoms with Crippen molar-refractivity contribution in [1.82, 2.24) is 5.43 Å². The Morgan fingerprint density at radius 2 is 2.00 bits per heavy atom. The van der Waals surface area contributed by atoms with Crippen molar-refractivity contribution in [1.29, 1.82) is 0 Å². The summed E-state index contributed by atoms with van der Waals surface area (Å²) in [7, 11) is 0. The smallest absolute Gasteiger partial charge is 0.248 e. The van der Waals surface area contributed by atoms with Crippen LogP contribution >= 0.6 is 15.9 Å². The normalized spacial score (nSPS) is 20.9. The summed E-state index contributed by atoms with van der Waals surface area (Å²) in [6.07, 6.45) is 1.00. The second-order valence-corrected chi connectivity index (χ2v) is 6.32. The second kappa shape index (κ2) is 6.45. The lowest BCUT2D eigenvalue weighted by Crippen LogP contribution is -2.45. The third kappa shape index (κ3) is 3.96. The Hall–Kier alpha value is -0.590. The fourth-order valence-corrected chi connectivity index (χ4v) is 3.17. The second-order valence-electron chi connectivity index (χ2n) is 5.41.